The number of allylic oxidation sites excluding steroid dienone is 2. The molecular weight excluding hydrogens is 332 g/mol. The van der Waals surface area contributed by atoms with E-state index in [1.165, 1.54) is 56.4 Å². The van der Waals surface area contributed by atoms with E-state index in [1.54, 1.807) is 0 Å². The molecule has 3 unspecified atom stereocenters. The maximum atomic E-state index is 11.4. The molecule has 0 aliphatic heterocycles. The van der Waals surface area contributed by atoms with Crippen molar-refractivity contribution in [1.82, 2.24) is 0 Å². The highest BCUT2D eigenvalue weighted by molar-refractivity contribution is 5.93. The summed E-state index contributed by atoms with van der Waals surface area (Å²) in [4.78, 5) is 11.4. The number of ether oxygens (including phenoxy) is 1. The van der Waals surface area contributed by atoms with Gasteiger partial charge in [-0.3, -0.25) is 4.79 Å². The quantitative estimate of drug-likeness (QED) is 0.367. The molecular formula is C25H28O2. The maximum Gasteiger partial charge on any atom is 0.308 e. The SMILES string of the molecule is CC(=O)Oc1ccc(C2CCC(C3CC4C=CC3C4)CC2)c2ccccc12. The van der Waals surface area contributed by atoms with E-state index >= 15 is 0 Å². The van der Waals surface area contributed by atoms with E-state index in [-0.39, 0.29) is 5.97 Å². The van der Waals surface area contributed by atoms with Crippen molar-refractivity contribution in [1.29, 1.82) is 0 Å². The molecule has 2 bridgehead atoms. The van der Waals surface area contributed by atoms with Gasteiger partial charge in [0.1, 0.15) is 5.75 Å². The van der Waals surface area contributed by atoms with Crippen molar-refractivity contribution in [2.45, 2.75) is 51.4 Å². The van der Waals surface area contributed by atoms with E-state index in [9.17, 15) is 4.79 Å². The first kappa shape index (κ1) is 17.0. The van der Waals surface area contributed by atoms with Crippen LogP contribution in [0.2, 0.25) is 0 Å². The molecule has 2 aromatic rings. The summed E-state index contributed by atoms with van der Waals surface area (Å²) in [5, 5.41) is 2.31. The number of hydrogen-bond acceptors (Lipinski definition) is 2. The summed E-state index contributed by atoms with van der Waals surface area (Å²) in [6, 6.07) is 12.6. The predicted octanol–water partition coefficient (Wildman–Crippen LogP) is 6.25. The molecule has 140 valence electrons. The summed E-state index contributed by atoms with van der Waals surface area (Å²) in [6.45, 7) is 1.47. The van der Waals surface area contributed by atoms with Crippen molar-refractivity contribution in [2.24, 2.45) is 23.7 Å². The Bertz CT molecular complexity index is 888. The predicted molar refractivity (Wildman–Crippen MR) is 109 cm³/mol. The first-order valence-electron chi connectivity index (χ1n) is 10.6. The highest BCUT2D eigenvalue weighted by atomic mass is 16.5. The molecule has 3 aliphatic rings. The molecule has 0 spiro atoms. The second kappa shape index (κ2) is 6.82. The number of carbonyl (C=O) groups excluding carboxylic acids is 1. The standard InChI is InChI=1S/C25H28O2/c1-16(26)27-25-13-12-21(22-4-2-3-5-23(22)25)18-8-10-19(11-9-18)24-15-17-6-7-20(24)14-17/h2-7,12-13,17-20,24H,8-11,14-15H2,1H3. The fourth-order valence-electron chi connectivity index (χ4n) is 6.12. The minimum absolute atomic E-state index is 0.256. The van der Waals surface area contributed by atoms with Gasteiger partial charge < -0.3 is 4.74 Å². The van der Waals surface area contributed by atoms with E-state index in [0.29, 0.717) is 11.7 Å². The van der Waals surface area contributed by atoms with Gasteiger partial charge in [-0.2, -0.15) is 0 Å². The van der Waals surface area contributed by atoms with Crippen LogP contribution in [0, 0.1) is 23.7 Å². The highest BCUT2D eigenvalue weighted by Gasteiger charge is 2.41. The molecule has 0 aromatic heterocycles. The van der Waals surface area contributed by atoms with E-state index < -0.39 is 0 Å². The van der Waals surface area contributed by atoms with Crippen molar-refractivity contribution in [2.75, 3.05) is 0 Å². The third-order valence-electron chi connectivity index (χ3n) is 7.32. The van der Waals surface area contributed by atoms with Gasteiger partial charge in [-0.05, 0) is 85.1 Å². The zero-order valence-corrected chi connectivity index (χ0v) is 16.1. The van der Waals surface area contributed by atoms with Gasteiger partial charge in [0.15, 0.2) is 0 Å². The van der Waals surface area contributed by atoms with E-state index in [2.05, 4.69) is 36.4 Å². The number of esters is 1. The molecule has 0 N–H and O–H groups in total. The Morgan fingerprint density at radius 1 is 0.926 bits per heavy atom. The Hall–Kier alpha value is -2.09. The Balaban J connectivity index is 1.36. The van der Waals surface area contributed by atoms with Gasteiger partial charge in [0.2, 0.25) is 0 Å². The van der Waals surface area contributed by atoms with Crippen LogP contribution in [-0.4, -0.2) is 5.97 Å². The summed E-state index contributed by atoms with van der Waals surface area (Å²) in [5.74, 6) is 4.69. The molecule has 2 aromatic carbocycles. The van der Waals surface area contributed by atoms with Crippen LogP contribution >= 0.6 is 0 Å². The number of fused-ring (bicyclic) bond motifs is 3. The molecule has 0 heterocycles. The van der Waals surface area contributed by atoms with Crippen molar-refractivity contribution in [3.63, 3.8) is 0 Å². The van der Waals surface area contributed by atoms with Crippen LogP contribution in [0.15, 0.2) is 48.6 Å². The topological polar surface area (TPSA) is 26.3 Å². The fourth-order valence-corrected chi connectivity index (χ4v) is 6.12. The van der Waals surface area contributed by atoms with Crippen molar-refractivity contribution in [3.8, 4) is 5.75 Å². The van der Waals surface area contributed by atoms with Gasteiger partial charge in [-0.1, -0.05) is 42.5 Å². The molecule has 5 rings (SSSR count). The molecule has 0 radical (unpaired) electrons. The smallest absolute Gasteiger partial charge is 0.308 e. The molecule has 2 saturated carbocycles. The molecule has 2 fully saturated rings. The highest BCUT2D eigenvalue weighted by Crippen LogP contribution is 2.52. The third kappa shape index (κ3) is 3.09. The van der Waals surface area contributed by atoms with Crippen LogP contribution in [0.3, 0.4) is 0 Å². The van der Waals surface area contributed by atoms with Crippen molar-refractivity contribution in [3.05, 3.63) is 54.1 Å². The summed E-state index contributed by atoms with van der Waals surface area (Å²) in [5.41, 5.74) is 1.44. The van der Waals surface area contributed by atoms with Crippen LogP contribution in [0.4, 0.5) is 0 Å². The lowest BCUT2D eigenvalue weighted by molar-refractivity contribution is -0.131. The molecule has 0 saturated heterocycles. The minimum Gasteiger partial charge on any atom is -0.426 e. The monoisotopic (exact) mass is 360 g/mol. The molecule has 3 atom stereocenters. The number of benzene rings is 2. The van der Waals surface area contributed by atoms with Crippen LogP contribution in [-0.2, 0) is 4.79 Å². The lowest BCUT2D eigenvalue weighted by atomic mass is 9.70. The van der Waals surface area contributed by atoms with Gasteiger partial charge in [0.05, 0.1) is 0 Å². The third-order valence-corrected chi connectivity index (χ3v) is 7.32. The fraction of sp³-hybridized carbons (Fsp3) is 0.480. The Morgan fingerprint density at radius 3 is 2.37 bits per heavy atom. The lowest BCUT2D eigenvalue weighted by Gasteiger charge is -2.35. The molecule has 3 aliphatic carbocycles. The number of hydrogen-bond donors (Lipinski definition) is 0. The summed E-state index contributed by atoms with van der Waals surface area (Å²) < 4.78 is 5.44. The van der Waals surface area contributed by atoms with Crippen molar-refractivity contribution >= 4 is 16.7 Å². The Kier molecular flexibility index (Phi) is 4.30. The van der Waals surface area contributed by atoms with E-state index in [1.807, 2.05) is 12.1 Å². The molecule has 2 heteroatoms. The normalized spacial score (nSPS) is 32.1. The summed E-state index contributed by atoms with van der Waals surface area (Å²) in [7, 11) is 0. The summed E-state index contributed by atoms with van der Waals surface area (Å²) in [6.07, 6.45) is 13.1. The zero-order valence-electron chi connectivity index (χ0n) is 16.1. The van der Waals surface area contributed by atoms with Gasteiger partial charge >= 0.3 is 5.97 Å². The molecule has 0 amide bonds. The Labute approximate surface area is 161 Å². The van der Waals surface area contributed by atoms with Crippen LogP contribution < -0.4 is 4.74 Å². The Morgan fingerprint density at radius 2 is 1.70 bits per heavy atom. The van der Waals surface area contributed by atoms with Gasteiger partial charge in [0, 0.05) is 12.3 Å². The molecule has 2 nitrogen and oxygen atoms in total. The average Bonchev–Trinajstić information content (AvgIpc) is 3.32. The average molecular weight is 360 g/mol. The largest absolute Gasteiger partial charge is 0.426 e. The minimum atomic E-state index is -0.256. The van der Waals surface area contributed by atoms with Crippen LogP contribution in [0.5, 0.6) is 5.75 Å². The number of carbonyl (C=O) groups is 1. The van der Waals surface area contributed by atoms with E-state index in [0.717, 1.165) is 29.1 Å². The second-order valence-electron chi connectivity index (χ2n) is 8.85. The first-order valence-corrected chi connectivity index (χ1v) is 10.6. The summed E-state index contributed by atoms with van der Waals surface area (Å²) >= 11 is 0. The lowest BCUT2D eigenvalue weighted by Crippen LogP contribution is -2.24. The molecule has 27 heavy (non-hydrogen) atoms. The van der Waals surface area contributed by atoms with Gasteiger partial charge in [0.25, 0.3) is 0 Å². The van der Waals surface area contributed by atoms with Gasteiger partial charge in [-0.25, -0.2) is 0 Å². The van der Waals surface area contributed by atoms with Crippen LogP contribution in [0.1, 0.15) is 56.9 Å². The van der Waals surface area contributed by atoms with Gasteiger partial charge in [-0.15, -0.1) is 0 Å². The zero-order chi connectivity index (χ0) is 18.4. The van der Waals surface area contributed by atoms with Crippen molar-refractivity contribution < 1.29 is 9.53 Å². The van der Waals surface area contributed by atoms with E-state index in [4.69, 9.17) is 4.74 Å². The maximum absolute atomic E-state index is 11.4. The van der Waals surface area contributed by atoms with Crippen LogP contribution in [0.25, 0.3) is 10.8 Å². The number of rotatable bonds is 3. The second-order valence-corrected chi connectivity index (χ2v) is 8.85. The first-order chi connectivity index (χ1) is 13.2.